The molecule has 0 aromatic heterocycles. The number of nitrogens with one attached hydrogen (secondary N) is 1. The number of amides is 1. The minimum absolute atomic E-state index is 0.204. The summed E-state index contributed by atoms with van der Waals surface area (Å²) >= 11 is 0. The molecule has 0 aromatic carbocycles. The second-order valence-corrected chi connectivity index (χ2v) is 4.14. The number of hydrogen-bond acceptors (Lipinski definition) is 2. The van der Waals surface area contributed by atoms with Crippen LogP contribution in [0.3, 0.4) is 0 Å². The Labute approximate surface area is 72.7 Å². The fourth-order valence-corrected chi connectivity index (χ4v) is 1.51. The molecule has 0 radical (unpaired) electrons. The molecule has 0 saturated heterocycles. The van der Waals surface area contributed by atoms with E-state index in [2.05, 4.69) is 5.32 Å². The molecule has 3 N–H and O–H groups in total. The van der Waals surface area contributed by atoms with E-state index in [0.717, 1.165) is 6.42 Å². The first kappa shape index (κ1) is 8.05. The van der Waals surface area contributed by atoms with E-state index >= 15 is 0 Å². The van der Waals surface area contributed by atoms with Gasteiger partial charge in [-0.15, -0.1) is 0 Å². The van der Waals surface area contributed by atoms with Crippen LogP contribution in [0, 0.1) is 11.8 Å². The number of carbonyl (C=O) groups excluding carboxylic acids is 1. The van der Waals surface area contributed by atoms with Crippen LogP contribution in [0.25, 0.3) is 0 Å². The lowest BCUT2D eigenvalue weighted by Crippen LogP contribution is -2.34. The molecule has 0 aliphatic heterocycles. The highest BCUT2D eigenvalue weighted by molar-refractivity contribution is 5.79. The van der Waals surface area contributed by atoms with Crippen LogP contribution < -0.4 is 11.1 Å². The highest BCUT2D eigenvalue weighted by atomic mass is 16.2. The molecule has 2 rings (SSSR count). The zero-order chi connectivity index (χ0) is 8.72. The van der Waals surface area contributed by atoms with Gasteiger partial charge in [0, 0.05) is 18.0 Å². The van der Waals surface area contributed by atoms with Gasteiger partial charge in [-0.2, -0.15) is 0 Å². The molecule has 3 atom stereocenters. The van der Waals surface area contributed by atoms with Crippen LogP contribution in [0.1, 0.15) is 26.2 Å². The smallest absolute Gasteiger partial charge is 0.223 e. The monoisotopic (exact) mass is 168 g/mol. The standard InChI is InChI=1S/C9H16N2O/c1-5(6-2-3-6)9(12)11-8-4-7(8)10/h5-8H,2-4,10H2,1H3,(H,11,12). The molecule has 3 heteroatoms. The molecule has 1 amide bonds. The third-order valence-corrected chi connectivity index (χ3v) is 2.91. The van der Waals surface area contributed by atoms with E-state index in [1.807, 2.05) is 6.92 Å². The Balaban J connectivity index is 1.75. The summed E-state index contributed by atoms with van der Waals surface area (Å²) in [7, 11) is 0. The van der Waals surface area contributed by atoms with Crippen LogP contribution >= 0.6 is 0 Å². The molecule has 0 spiro atoms. The Morgan fingerprint density at radius 2 is 2.17 bits per heavy atom. The largest absolute Gasteiger partial charge is 0.352 e. The Bertz CT molecular complexity index is 201. The van der Waals surface area contributed by atoms with Gasteiger partial charge in [0.2, 0.25) is 5.91 Å². The van der Waals surface area contributed by atoms with Crippen LogP contribution in [0.15, 0.2) is 0 Å². The Morgan fingerprint density at radius 3 is 2.58 bits per heavy atom. The number of hydrogen-bond donors (Lipinski definition) is 2. The molecular weight excluding hydrogens is 152 g/mol. The first-order valence-electron chi connectivity index (χ1n) is 4.74. The molecule has 2 saturated carbocycles. The van der Waals surface area contributed by atoms with E-state index in [1.165, 1.54) is 12.8 Å². The normalized spacial score (nSPS) is 35.8. The highest BCUT2D eigenvalue weighted by Gasteiger charge is 2.38. The van der Waals surface area contributed by atoms with Crippen molar-refractivity contribution in [3.8, 4) is 0 Å². The molecule has 68 valence electrons. The first-order valence-corrected chi connectivity index (χ1v) is 4.74. The van der Waals surface area contributed by atoms with Crippen molar-refractivity contribution in [2.24, 2.45) is 17.6 Å². The molecular formula is C9H16N2O. The summed E-state index contributed by atoms with van der Waals surface area (Å²) in [5.41, 5.74) is 5.59. The van der Waals surface area contributed by atoms with Gasteiger partial charge in [0.05, 0.1) is 0 Å². The van der Waals surface area contributed by atoms with Crippen LogP contribution in [0.5, 0.6) is 0 Å². The van der Waals surface area contributed by atoms with Gasteiger partial charge >= 0.3 is 0 Å². The van der Waals surface area contributed by atoms with Crippen molar-refractivity contribution in [2.45, 2.75) is 38.3 Å². The third kappa shape index (κ3) is 1.61. The van der Waals surface area contributed by atoms with Crippen molar-refractivity contribution in [3.63, 3.8) is 0 Å². The van der Waals surface area contributed by atoms with Gasteiger partial charge in [-0.3, -0.25) is 4.79 Å². The van der Waals surface area contributed by atoms with Crippen molar-refractivity contribution < 1.29 is 4.79 Å². The molecule has 12 heavy (non-hydrogen) atoms. The van der Waals surface area contributed by atoms with Gasteiger partial charge in [-0.05, 0) is 25.2 Å². The number of carbonyl (C=O) groups is 1. The SMILES string of the molecule is CC(C(=O)NC1CC1N)C1CC1. The van der Waals surface area contributed by atoms with Gasteiger partial charge < -0.3 is 11.1 Å². The van der Waals surface area contributed by atoms with Gasteiger partial charge in [-0.1, -0.05) is 6.92 Å². The average molecular weight is 168 g/mol. The molecule has 0 bridgehead atoms. The summed E-state index contributed by atoms with van der Waals surface area (Å²) in [5.74, 6) is 1.06. The summed E-state index contributed by atoms with van der Waals surface area (Å²) in [5, 5.41) is 2.96. The van der Waals surface area contributed by atoms with Crippen LogP contribution in [-0.2, 0) is 4.79 Å². The quantitative estimate of drug-likeness (QED) is 0.634. The fraction of sp³-hybridized carbons (Fsp3) is 0.889. The topological polar surface area (TPSA) is 55.1 Å². The van der Waals surface area contributed by atoms with Crippen LogP contribution in [0.2, 0.25) is 0 Å². The van der Waals surface area contributed by atoms with Crippen molar-refractivity contribution >= 4 is 5.91 Å². The van der Waals surface area contributed by atoms with Crippen LogP contribution in [0.4, 0.5) is 0 Å². The van der Waals surface area contributed by atoms with E-state index in [1.54, 1.807) is 0 Å². The van der Waals surface area contributed by atoms with E-state index in [9.17, 15) is 4.79 Å². The van der Waals surface area contributed by atoms with Gasteiger partial charge in [0.1, 0.15) is 0 Å². The molecule has 0 heterocycles. The van der Waals surface area contributed by atoms with Crippen molar-refractivity contribution in [1.29, 1.82) is 0 Å². The zero-order valence-electron chi connectivity index (χ0n) is 7.42. The second-order valence-electron chi connectivity index (χ2n) is 4.14. The maximum atomic E-state index is 11.5. The average Bonchev–Trinajstić information content (AvgIpc) is 2.86. The van der Waals surface area contributed by atoms with Gasteiger partial charge in [0.25, 0.3) is 0 Å². The third-order valence-electron chi connectivity index (χ3n) is 2.91. The fourth-order valence-electron chi connectivity index (χ4n) is 1.51. The predicted octanol–water partition coefficient (Wildman–Crippen LogP) is 0.248. The second kappa shape index (κ2) is 2.73. The Hall–Kier alpha value is -0.570. The van der Waals surface area contributed by atoms with E-state index in [-0.39, 0.29) is 23.9 Å². The van der Waals surface area contributed by atoms with Crippen molar-refractivity contribution in [3.05, 3.63) is 0 Å². The molecule has 3 nitrogen and oxygen atoms in total. The molecule has 3 unspecified atom stereocenters. The summed E-state index contributed by atoms with van der Waals surface area (Å²) in [6.07, 6.45) is 3.42. The number of rotatable bonds is 3. The maximum absolute atomic E-state index is 11.5. The van der Waals surface area contributed by atoms with Gasteiger partial charge in [0.15, 0.2) is 0 Å². The summed E-state index contributed by atoms with van der Waals surface area (Å²) in [6, 6.07) is 0.499. The lowest BCUT2D eigenvalue weighted by atomic mass is 10.1. The van der Waals surface area contributed by atoms with E-state index in [0.29, 0.717) is 5.92 Å². The lowest BCUT2D eigenvalue weighted by Gasteiger charge is -2.09. The predicted molar refractivity (Wildman–Crippen MR) is 46.4 cm³/mol. The Kier molecular flexibility index (Phi) is 1.83. The molecule has 0 aromatic rings. The van der Waals surface area contributed by atoms with E-state index < -0.39 is 0 Å². The van der Waals surface area contributed by atoms with Gasteiger partial charge in [-0.25, -0.2) is 0 Å². The molecule has 2 aliphatic carbocycles. The van der Waals surface area contributed by atoms with Crippen molar-refractivity contribution in [2.75, 3.05) is 0 Å². The minimum atomic E-state index is 0.204. The lowest BCUT2D eigenvalue weighted by molar-refractivity contribution is -0.125. The number of nitrogens with two attached hydrogens (primary N) is 1. The zero-order valence-corrected chi connectivity index (χ0v) is 7.42. The molecule has 2 aliphatic rings. The minimum Gasteiger partial charge on any atom is -0.352 e. The van der Waals surface area contributed by atoms with Crippen molar-refractivity contribution in [1.82, 2.24) is 5.32 Å². The van der Waals surface area contributed by atoms with Crippen LogP contribution in [-0.4, -0.2) is 18.0 Å². The Morgan fingerprint density at radius 1 is 1.58 bits per heavy atom. The van der Waals surface area contributed by atoms with E-state index in [4.69, 9.17) is 5.73 Å². The summed E-state index contributed by atoms with van der Waals surface area (Å²) < 4.78 is 0. The highest BCUT2D eigenvalue weighted by Crippen LogP contribution is 2.36. The summed E-state index contributed by atoms with van der Waals surface area (Å²) in [6.45, 7) is 2.01. The maximum Gasteiger partial charge on any atom is 0.223 e. The first-order chi connectivity index (χ1) is 5.68. The summed E-state index contributed by atoms with van der Waals surface area (Å²) in [4.78, 5) is 11.5. The molecule has 2 fully saturated rings.